The number of fused-ring (bicyclic) bond motifs is 1. The van der Waals surface area contributed by atoms with Crippen molar-refractivity contribution < 1.29 is 9.21 Å². The third-order valence-electron chi connectivity index (χ3n) is 4.28. The summed E-state index contributed by atoms with van der Waals surface area (Å²) in [6.45, 7) is 2.03. The lowest BCUT2D eigenvalue weighted by molar-refractivity contribution is -0.117. The van der Waals surface area contributed by atoms with Crippen molar-refractivity contribution in [3.05, 3.63) is 40.8 Å². The molecule has 5 nitrogen and oxygen atoms in total. The smallest absolute Gasteiger partial charge is 0.240 e. The van der Waals surface area contributed by atoms with E-state index >= 15 is 0 Å². The van der Waals surface area contributed by atoms with Crippen LogP contribution < -0.4 is 5.32 Å². The fourth-order valence-corrected chi connectivity index (χ4v) is 4.25. The molecule has 0 saturated heterocycles. The molecule has 0 saturated carbocycles. The highest BCUT2D eigenvalue weighted by atomic mass is 32.1. The molecule has 1 amide bonds. The fraction of sp³-hybridized carbons (Fsp3) is 0.412. The molecular weight excluding hydrogens is 310 g/mol. The van der Waals surface area contributed by atoms with Crippen LogP contribution in [0.4, 0.5) is 5.13 Å². The molecule has 1 aliphatic heterocycles. The molecule has 120 valence electrons. The van der Waals surface area contributed by atoms with Gasteiger partial charge in [0.2, 0.25) is 5.91 Å². The van der Waals surface area contributed by atoms with Crippen LogP contribution in [0.1, 0.15) is 29.2 Å². The number of amides is 1. The van der Waals surface area contributed by atoms with Gasteiger partial charge < -0.3 is 9.73 Å². The number of thiazole rings is 1. The third kappa shape index (κ3) is 3.23. The molecule has 1 N–H and O–H groups in total. The second-order valence-electron chi connectivity index (χ2n) is 6.00. The highest BCUT2D eigenvalue weighted by Crippen LogP contribution is 2.30. The zero-order valence-electron chi connectivity index (χ0n) is 12.9. The summed E-state index contributed by atoms with van der Waals surface area (Å²) in [5.74, 6) is 0.907. The van der Waals surface area contributed by atoms with Gasteiger partial charge >= 0.3 is 0 Å². The molecule has 4 rings (SSSR count). The van der Waals surface area contributed by atoms with Gasteiger partial charge in [0.05, 0.1) is 18.5 Å². The van der Waals surface area contributed by atoms with Crippen LogP contribution in [0, 0.1) is 0 Å². The Labute approximate surface area is 139 Å². The minimum atomic E-state index is 0.0121. The molecule has 1 aliphatic carbocycles. The maximum absolute atomic E-state index is 12.3. The first-order chi connectivity index (χ1) is 11.3. The fourth-order valence-electron chi connectivity index (χ4n) is 3.19. The van der Waals surface area contributed by atoms with Crippen molar-refractivity contribution in [1.82, 2.24) is 9.88 Å². The maximum Gasteiger partial charge on any atom is 0.240 e. The van der Waals surface area contributed by atoms with E-state index in [1.165, 1.54) is 17.0 Å². The van der Waals surface area contributed by atoms with Gasteiger partial charge in [-0.05, 0) is 37.8 Å². The monoisotopic (exact) mass is 329 g/mol. The minimum absolute atomic E-state index is 0.0121. The zero-order chi connectivity index (χ0) is 15.6. The van der Waals surface area contributed by atoms with Crippen LogP contribution in [-0.2, 0) is 17.6 Å². The normalized spacial score (nSPS) is 17.8. The Morgan fingerprint density at radius 1 is 1.43 bits per heavy atom. The molecular formula is C17H19N3O2S. The van der Waals surface area contributed by atoms with Crippen molar-refractivity contribution >= 4 is 27.9 Å². The van der Waals surface area contributed by atoms with E-state index in [2.05, 4.69) is 21.3 Å². The van der Waals surface area contributed by atoms with Gasteiger partial charge in [-0.2, -0.15) is 0 Å². The lowest BCUT2D eigenvalue weighted by Crippen LogP contribution is -2.36. The number of carbonyl (C=O) groups excluding carboxylic acids is 1. The van der Waals surface area contributed by atoms with Crippen LogP contribution >= 0.6 is 11.3 Å². The molecule has 2 aromatic rings. The van der Waals surface area contributed by atoms with E-state index in [-0.39, 0.29) is 5.91 Å². The van der Waals surface area contributed by atoms with E-state index in [9.17, 15) is 4.79 Å². The van der Waals surface area contributed by atoms with Gasteiger partial charge in [-0.1, -0.05) is 6.08 Å². The highest BCUT2D eigenvalue weighted by Gasteiger charge is 2.20. The summed E-state index contributed by atoms with van der Waals surface area (Å²) in [5.41, 5.74) is 2.33. The summed E-state index contributed by atoms with van der Waals surface area (Å²) in [5, 5.41) is 3.70. The van der Waals surface area contributed by atoms with Crippen molar-refractivity contribution in [1.29, 1.82) is 0 Å². The molecule has 0 radical (unpaired) electrons. The molecule has 23 heavy (non-hydrogen) atoms. The number of rotatable bonds is 4. The second-order valence-corrected chi connectivity index (χ2v) is 7.08. The van der Waals surface area contributed by atoms with Gasteiger partial charge in [0.25, 0.3) is 0 Å². The summed E-state index contributed by atoms with van der Waals surface area (Å²) < 4.78 is 5.45. The van der Waals surface area contributed by atoms with Crippen LogP contribution in [0.25, 0.3) is 5.57 Å². The van der Waals surface area contributed by atoms with Crippen LogP contribution in [0.2, 0.25) is 0 Å². The second kappa shape index (κ2) is 6.29. The minimum Gasteiger partial charge on any atom is -0.465 e. The standard InChI is InChI=1S/C17H19N3O2S/c21-16(19-17-18-13-5-1-7-15(13)23-17)11-20-8-2-4-12(10-20)14-6-3-9-22-14/h3-4,6,9H,1-2,5,7-8,10-11H2,(H,18,19,21). The van der Waals surface area contributed by atoms with E-state index in [1.807, 2.05) is 12.1 Å². The molecule has 0 aromatic carbocycles. The summed E-state index contributed by atoms with van der Waals surface area (Å²) in [7, 11) is 0. The maximum atomic E-state index is 12.3. The SMILES string of the molecule is O=C(CN1CCC=C(c2ccco2)C1)Nc1nc2c(s1)CCC2. The number of carbonyl (C=O) groups is 1. The Bertz CT molecular complexity index is 712. The predicted molar refractivity (Wildman–Crippen MR) is 90.5 cm³/mol. The van der Waals surface area contributed by atoms with E-state index in [1.54, 1.807) is 17.6 Å². The number of aryl methyl sites for hydroxylation is 2. The molecule has 2 aromatic heterocycles. The van der Waals surface area contributed by atoms with Crippen LogP contribution in [-0.4, -0.2) is 35.4 Å². The van der Waals surface area contributed by atoms with Gasteiger partial charge in [0, 0.05) is 23.5 Å². The van der Waals surface area contributed by atoms with Crippen molar-refractivity contribution in [3.8, 4) is 0 Å². The predicted octanol–water partition coefficient (Wildman–Crippen LogP) is 2.95. The summed E-state index contributed by atoms with van der Waals surface area (Å²) in [6.07, 6.45) is 8.16. The van der Waals surface area contributed by atoms with E-state index in [4.69, 9.17) is 4.42 Å². The number of anilines is 1. The van der Waals surface area contributed by atoms with Gasteiger partial charge in [-0.15, -0.1) is 11.3 Å². The first kappa shape index (κ1) is 14.7. The third-order valence-corrected chi connectivity index (χ3v) is 5.35. The van der Waals surface area contributed by atoms with Crippen molar-refractivity contribution in [2.24, 2.45) is 0 Å². The molecule has 0 spiro atoms. The number of nitrogens with one attached hydrogen (secondary N) is 1. The van der Waals surface area contributed by atoms with Gasteiger partial charge in [-0.3, -0.25) is 9.69 Å². The number of nitrogens with zero attached hydrogens (tertiary/aromatic N) is 2. The highest BCUT2D eigenvalue weighted by molar-refractivity contribution is 7.15. The number of hydrogen-bond acceptors (Lipinski definition) is 5. The van der Waals surface area contributed by atoms with Gasteiger partial charge in [0.1, 0.15) is 5.76 Å². The molecule has 6 heteroatoms. The Hall–Kier alpha value is -1.92. The largest absolute Gasteiger partial charge is 0.465 e. The van der Waals surface area contributed by atoms with Crippen LogP contribution in [0.5, 0.6) is 0 Å². The molecule has 0 fully saturated rings. The molecule has 3 heterocycles. The molecule has 0 unspecified atom stereocenters. The van der Waals surface area contributed by atoms with Crippen molar-refractivity contribution in [2.75, 3.05) is 25.0 Å². The quantitative estimate of drug-likeness (QED) is 0.937. The number of hydrogen-bond donors (Lipinski definition) is 1. The Kier molecular flexibility index (Phi) is 4.01. The summed E-state index contributed by atoms with van der Waals surface area (Å²) in [4.78, 5) is 20.3. The van der Waals surface area contributed by atoms with Gasteiger partial charge in [0.15, 0.2) is 5.13 Å². The van der Waals surface area contributed by atoms with Crippen LogP contribution in [0.15, 0.2) is 28.9 Å². The van der Waals surface area contributed by atoms with Crippen molar-refractivity contribution in [2.45, 2.75) is 25.7 Å². The molecule has 0 bridgehead atoms. The van der Waals surface area contributed by atoms with Crippen LogP contribution in [0.3, 0.4) is 0 Å². The van der Waals surface area contributed by atoms with Crippen molar-refractivity contribution in [3.63, 3.8) is 0 Å². The first-order valence-corrected chi connectivity index (χ1v) is 8.83. The molecule has 2 aliphatic rings. The number of furan rings is 1. The van der Waals surface area contributed by atoms with Gasteiger partial charge in [-0.25, -0.2) is 4.98 Å². The zero-order valence-corrected chi connectivity index (χ0v) is 13.7. The lowest BCUT2D eigenvalue weighted by atomic mass is 10.1. The summed E-state index contributed by atoms with van der Waals surface area (Å²) in [6, 6.07) is 3.86. The average Bonchev–Trinajstić information content (AvgIpc) is 3.24. The topological polar surface area (TPSA) is 58.4 Å². The number of aromatic nitrogens is 1. The first-order valence-electron chi connectivity index (χ1n) is 8.01. The van der Waals surface area contributed by atoms with E-state index in [0.29, 0.717) is 6.54 Å². The van der Waals surface area contributed by atoms with E-state index < -0.39 is 0 Å². The Morgan fingerprint density at radius 3 is 3.22 bits per heavy atom. The molecule has 0 atom stereocenters. The Balaban J connectivity index is 1.34. The summed E-state index contributed by atoms with van der Waals surface area (Å²) >= 11 is 1.62. The van der Waals surface area contributed by atoms with E-state index in [0.717, 1.165) is 48.8 Å². The Morgan fingerprint density at radius 2 is 2.39 bits per heavy atom. The lowest BCUT2D eigenvalue weighted by Gasteiger charge is -2.25. The average molecular weight is 329 g/mol.